The molecule has 0 radical (unpaired) electrons. The molecule has 0 aromatic heterocycles. The number of rotatable bonds is 6. The molecule has 3 heteroatoms. The summed E-state index contributed by atoms with van der Waals surface area (Å²) in [5.74, 6) is 1.06. The Kier molecular flexibility index (Phi) is 5.67. The molecule has 0 aromatic rings. The van der Waals surface area contributed by atoms with E-state index >= 15 is 0 Å². The van der Waals surface area contributed by atoms with Crippen LogP contribution in [0.1, 0.15) is 26.2 Å². The zero-order chi connectivity index (χ0) is 11.1. The minimum absolute atomic E-state index is 0.191. The van der Waals surface area contributed by atoms with E-state index in [-0.39, 0.29) is 5.92 Å². The number of nitrogens with zero attached hydrogens (tertiary/aromatic N) is 2. The second kappa shape index (κ2) is 6.81. The molecule has 1 N–H and O–H groups in total. The van der Waals surface area contributed by atoms with E-state index in [1.165, 1.54) is 25.9 Å². The van der Waals surface area contributed by atoms with Crippen LogP contribution in [0.2, 0.25) is 0 Å². The summed E-state index contributed by atoms with van der Waals surface area (Å²) >= 11 is 0. The van der Waals surface area contributed by atoms with Crippen molar-refractivity contribution in [1.82, 2.24) is 10.2 Å². The average Bonchev–Trinajstić information content (AvgIpc) is 2.65. The van der Waals surface area contributed by atoms with Gasteiger partial charge in [-0.25, -0.2) is 0 Å². The summed E-state index contributed by atoms with van der Waals surface area (Å²) in [6.45, 7) is 6.49. The third kappa shape index (κ3) is 4.63. The Labute approximate surface area is 93.5 Å². The molecule has 0 spiro atoms. The molecule has 0 aliphatic carbocycles. The van der Waals surface area contributed by atoms with Gasteiger partial charge in [0, 0.05) is 13.1 Å². The largest absolute Gasteiger partial charge is 0.315 e. The zero-order valence-corrected chi connectivity index (χ0v) is 10.00. The molecule has 86 valence electrons. The SMILES string of the molecule is CCC(C#N)CNCCC1CCN(C)C1. The lowest BCUT2D eigenvalue weighted by Crippen LogP contribution is -2.25. The highest BCUT2D eigenvalue weighted by molar-refractivity contribution is 4.83. The van der Waals surface area contributed by atoms with Crippen molar-refractivity contribution in [2.75, 3.05) is 33.2 Å². The standard InChI is InChI=1S/C12H23N3/c1-3-11(8-13)9-14-6-4-12-5-7-15(2)10-12/h11-12,14H,3-7,9-10H2,1-2H3. The van der Waals surface area contributed by atoms with Crippen LogP contribution in [0.3, 0.4) is 0 Å². The monoisotopic (exact) mass is 209 g/mol. The molecule has 0 aromatic carbocycles. The Morgan fingerprint density at radius 3 is 2.93 bits per heavy atom. The highest BCUT2D eigenvalue weighted by Gasteiger charge is 2.18. The number of nitriles is 1. The zero-order valence-electron chi connectivity index (χ0n) is 10.00. The minimum Gasteiger partial charge on any atom is -0.315 e. The maximum atomic E-state index is 8.77. The first-order valence-corrected chi connectivity index (χ1v) is 6.05. The summed E-state index contributed by atoms with van der Waals surface area (Å²) in [5.41, 5.74) is 0. The van der Waals surface area contributed by atoms with E-state index in [1.54, 1.807) is 0 Å². The second-order valence-electron chi connectivity index (χ2n) is 4.64. The first-order valence-electron chi connectivity index (χ1n) is 6.05. The molecular formula is C12H23N3. The number of likely N-dealkylation sites (tertiary alicyclic amines) is 1. The van der Waals surface area contributed by atoms with Crippen molar-refractivity contribution >= 4 is 0 Å². The summed E-state index contributed by atoms with van der Waals surface area (Å²) in [5, 5.41) is 12.2. The van der Waals surface area contributed by atoms with Crippen molar-refractivity contribution < 1.29 is 0 Å². The summed E-state index contributed by atoms with van der Waals surface area (Å²) in [7, 11) is 2.19. The maximum Gasteiger partial charge on any atom is 0.0669 e. The third-order valence-electron chi connectivity index (χ3n) is 3.28. The van der Waals surface area contributed by atoms with Crippen molar-refractivity contribution in [3.8, 4) is 6.07 Å². The molecule has 15 heavy (non-hydrogen) atoms. The van der Waals surface area contributed by atoms with Crippen molar-refractivity contribution in [3.63, 3.8) is 0 Å². The predicted octanol–water partition coefficient (Wildman–Crippen LogP) is 1.47. The van der Waals surface area contributed by atoms with Crippen LogP contribution in [0.25, 0.3) is 0 Å². The van der Waals surface area contributed by atoms with Crippen LogP contribution < -0.4 is 5.32 Å². The van der Waals surface area contributed by atoms with Gasteiger partial charge in [-0.05, 0) is 45.3 Å². The Morgan fingerprint density at radius 1 is 1.60 bits per heavy atom. The van der Waals surface area contributed by atoms with Gasteiger partial charge in [-0.3, -0.25) is 0 Å². The molecule has 1 aliphatic rings. The van der Waals surface area contributed by atoms with Crippen LogP contribution >= 0.6 is 0 Å². The van der Waals surface area contributed by atoms with Crippen molar-refractivity contribution in [3.05, 3.63) is 0 Å². The van der Waals surface area contributed by atoms with Gasteiger partial charge in [0.05, 0.1) is 12.0 Å². The maximum absolute atomic E-state index is 8.77. The third-order valence-corrected chi connectivity index (χ3v) is 3.28. The summed E-state index contributed by atoms with van der Waals surface area (Å²) in [4.78, 5) is 2.40. The summed E-state index contributed by atoms with van der Waals surface area (Å²) in [6.07, 6.45) is 3.55. The van der Waals surface area contributed by atoms with Crippen LogP contribution in [-0.2, 0) is 0 Å². The van der Waals surface area contributed by atoms with Crippen molar-refractivity contribution in [2.24, 2.45) is 11.8 Å². The van der Waals surface area contributed by atoms with E-state index in [0.717, 1.165) is 25.4 Å². The van der Waals surface area contributed by atoms with Crippen molar-refractivity contribution in [2.45, 2.75) is 26.2 Å². The Morgan fingerprint density at radius 2 is 2.40 bits per heavy atom. The summed E-state index contributed by atoms with van der Waals surface area (Å²) < 4.78 is 0. The first-order chi connectivity index (χ1) is 7.26. The average molecular weight is 209 g/mol. The lowest BCUT2D eigenvalue weighted by atomic mass is 10.0. The Bertz CT molecular complexity index is 209. The highest BCUT2D eigenvalue weighted by atomic mass is 15.1. The predicted molar refractivity (Wildman–Crippen MR) is 62.5 cm³/mol. The summed E-state index contributed by atoms with van der Waals surface area (Å²) in [6, 6.07) is 2.32. The van der Waals surface area contributed by atoms with Gasteiger partial charge in [0.15, 0.2) is 0 Å². The number of nitrogens with one attached hydrogen (secondary N) is 1. The molecule has 3 nitrogen and oxygen atoms in total. The first kappa shape index (κ1) is 12.5. The molecule has 1 aliphatic heterocycles. The van der Waals surface area contributed by atoms with Gasteiger partial charge < -0.3 is 10.2 Å². The molecule has 1 fully saturated rings. The number of hydrogen-bond acceptors (Lipinski definition) is 3. The minimum atomic E-state index is 0.191. The van der Waals surface area contributed by atoms with Crippen LogP contribution in [0.5, 0.6) is 0 Å². The smallest absolute Gasteiger partial charge is 0.0669 e. The van der Waals surface area contributed by atoms with E-state index < -0.39 is 0 Å². The van der Waals surface area contributed by atoms with Gasteiger partial charge in [0.1, 0.15) is 0 Å². The molecule has 1 rings (SSSR count). The topological polar surface area (TPSA) is 39.1 Å². The molecule has 2 atom stereocenters. The van der Waals surface area contributed by atoms with Gasteiger partial charge in [-0.1, -0.05) is 6.92 Å². The van der Waals surface area contributed by atoms with Gasteiger partial charge >= 0.3 is 0 Å². The van der Waals surface area contributed by atoms with Crippen LogP contribution in [-0.4, -0.2) is 38.1 Å². The van der Waals surface area contributed by atoms with E-state index in [4.69, 9.17) is 5.26 Å². The molecule has 0 saturated carbocycles. The second-order valence-corrected chi connectivity index (χ2v) is 4.64. The van der Waals surface area contributed by atoms with E-state index in [1.807, 2.05) is 0 Å². The normalized spacial score (nSPS) is 23.9. The van der Waals surface area contributed by atoms with Gasteiger partial charge in [-0.2, -0.15) is 5.26 Å². The lowest BCUT2D eigenvalue weighted by Gasteiger charge is -2.12. The Hall–Kier alpha value is -0.590. The van der Waals surface area contributed by atoms with E-state index in [2.05, 4.69) is 30.3 Å². The van der Waals surface area contributed by atoms with E-state index in [0.29, 0.717) is 0 Å². The van der Waals surface area contributed by atoms with Crippen LogP contribution in [0, 0.1) is 23.2 Å². The molecular weight excluding hydrogens is 186 g/mol. The molecule has 0 bridgehead atoms. The van der Waals surface area contributed by atoms with E-state index in [9.17, 15) is 0 Å². The highest BCUT2D eigenvalue weighted by Crippen LogP contribution is 2.16. The number of hydrogen-bond donors (Lipinski definition) is 1. The van der Waals surface area contributed by atoms with Gasteiger partial charge in [0.2, 0.25) is 0 Å². The van der Waals surface area contributed by atoms with Gasteiger partial charge in [0.25, 0.3) is 0 Å². The molecule has 2 unspecified atom stereocenters. The molecule has 1 heterocycles. The fourth-order valence-electron chi connectivity index (χ4n) is 2.13. The van der Waals surface area contributed by atoms with Crippen LogP contribution in [0.15, 0.2) is 0 Å². The van der Waals surface area contributed by atoms with Gasteiger partial charge in [-0.15, -0.1) is 0 Å². The fraction of sp³-hybridized carbons (Fsp3) is 0.917. The quantitative estimate of drug-likeness (QED) is 0.673. The van der Waals surface area contributed by atoms with Crippen molar-refractivity contribution in [1.29, 1.82) is 5.26 Å². The Balaban J connectivity index is 2.00. The molecule has 0 amide bonds. The van der Waals surface area contributed by atoms with Crippen LogP contribution in [0.4, 0.5) is 0 Å². The molecule has 1 saturated heterocycles. The lowest BCUT2D eigenvalue weighted by molar-refractivity contribution is 0.383. The fourth-order valence-corrected chi connectivity index (χ4v) is 2.13.